The zero-order chi connectivity index (χ0) is 28.4. The van der Waals surface area contributed by atoms with E-state index in [9.17, 15) is 14.7 Å². The van der Waals surface area contributed by atoms with Crippen LogP contribution in [0.2, 0.25) is 5.02 Å². The number of amides is 1. The summed E-state index contributed by atoms with van der Waals surface area (Å²) in [7, 11) is 5.36. The Morgan fingerprint density at radius 3 is 2.26 bits per heavy atom. The summed E-state index contributed by atoms with van der Waals surface area (Å²) in [6.07, 6.45) is 0. The van der Waals surface area contributed by atoms with Gasteiger partial charge in [-0.1, -0.05) is 37.6 Å². The molecule has 39 heavy (non-hydrogen) atoms. The number of halogens is 1. The monoisotopic (exact) mass is 548 g/mol. The fourth-order valence-electron chi connectivity index (χ4n) is 4.76. The summed E-state index contributed by atoms with van der Waals surface area (Å²) in [6, 6.07) is 16.9. The molecule has 1 saturated heterocycles. The second-order valence-electron chi connectivity index (χ2n) is 9.81. The Morgan fingerprint density at radius 1 is 1.03 bits per heavy atom. The van der Waals surface area contributed by atoms with Gasteiger partial charge in [-0.15, -0.1) is 0 Å². The van der Waals surface area contributed by atoms with Crippen molar-refractivity contribution in [2.24, 2.45) is 0 Å². The van der Waals surface area contributed by atoms with E-state index in [2.05, 4.69) is 0 Å². The predicted molar refractivity (Wildman–Crippen MR) is 155 cm³/mol. The summed E-state index contributed by atoms with van der Waals surface area (Å²) < 4.78 is 11.0. The van der Waals surface area contributed by atoms with Gasteiger partial charge in [-0.25, -0.2) is 0 Å². The molecule has 8 heteroatoms. The molecular weight excluding hydrogens is 516 g/mol. The summed E-state index contributed by atoms with van der Waals surface area (Å²) in [6.45, 7) is 6.47. The minimum Gasteiger partial charge on any atom is -0.507 e. The van der Waals surface area contributed by atoms with E-state index in [1.54, 1.807) is 30.3 Å². The highest BCUT2D eigenvalue weighted by Gasteiger charge is 2.47. The lowest BCUT2D eigenvalue weighted by atomic mass is 9.93. The highest BCUT2D eigenvalue weighted by molar-refractivity contribution is 6.51. The Kier molecular flexibility index (Phi) is 8.21. The number of rotatable bonds is 8. The smallest absolute Gasteiger partial charge is 0.300 e. The lowest BCUT2D eigenvalue weighted by Crippen LogP contribution is -2.29. The SMILES string of the molecule is CCOc1ccc(/C(O)=C2/C(=O)C(=O)N(c3ccc(OC)c(Cl)c3)C2c2ccc(N(C)C)cc2)cc1C(C)C. The molecule has 1 atom stereocenters. The first-order valence-electron chi connectivity index (χ1n) is 12.8. The molecule has 7 nitrogen and oxygen atoms in total. The molecule has 0 aromatic heterocycles. The Labute approximate surface area is 234 Å². The van der Waals surface area contributed by atoms with E-state index < -0.39 is 17.7 Å². The number of aliphatic hydroxyl groups excluding tert-OH is 1. The van der Waals surface area contributed by atoms with Gasteiger partial charge in [0.15, 0.2) is 0 Å². The first-order chi connectivity index (χ1) is 18.6. The molecule has 3 aromatic rings. The number of methoxy groups -OCH3 is 1. The van der Waals surface area contributed by atoms with E-state index in [1.165, 1.54) is 12.0 Å². The highest BCUT2D eigenvalue weighted by atomic mass is 35.5. The van der Waals surface area contributed by atoms with Crippen LogP contribution >= 0.6 is 11.6 Å². The second-order valence-corrected chi connectivity index (χ2v) is 10.2. The molecule has 0 bridgehead atoms. The molecule has 1 aliphatic rings. The maximum Gasteiger partial charge on any atom is 0.300 e. The van der Waals surface area contributed by atoms with Gasteiger partial charge in [0.1, 0.15) is 17.3 Å². The van der Waals surface area contributed by atoms with Crippen LogP contribution in [0.5, 0.6) is 11.5 Å². The number of hydrogen-bond acceptors (Lipinski definition) is 6. The van der Waals surface area contributed by atoms with Crippen molar-refractivity contribution >= 4 is 40.4 Å². The third-order valence-electron chi connectivity index (χ3n) is 6.79. The normalized spacial score (nSPS) is 16.6. The van der Waals surface area contributed by atoms with Crippen LogP contribution in [0.3, 0.4) is 0 Å². The zero-order valence-corrected chi connectivity index (χ0v) is 23.7. The van der Waals surface area contributed by atoms with E-state index in [1.807, 2.05) is 70.1 Å². The Morgan fingerprint density at radius 2 is 1.69 bits per heavy atom. The average Bonchev–Trinajstić information content (AvgIpc) is 3.18. The van der Waals surface area contributed by atoms with Crippen molar-refractivity contribution in [2.75, 3.05) is 37.6 Å². The fourth-order valence-corrected chi connectivity index (χ4v) is 5.02. The molecule has 1 unspecified atom stereocenters. The largest absolute Gasteiger partial charge is 0.507 e. The van der Waals surface area contributed by atoms with Crippen molar-refractivity contribution in [1.82, 2.24) is 0 Å². The van der Waals surface area contributed by atoms with Gasteiger partial charge >= 0.3 is 0 Å². The molecule has 1 heterocycles. The lowest BCUT2D eigenvalue weighted by molar-refractivity contribution is -0.132. The Balaban J connectivity index is 1.93. The highest BCUT2D eigenvalue weighted by Crippen LogP contribution is 2.44. The molecule has 0 radical (unpaired) electrons. The molecule has 0 saturated carbocycles. The summed E-state index contributed by atoms with van der Waals surface area (Å²) >= 11 is 6.40. The van der Waals surface area contributed by atoms with Crippen LogP contribution in [0.1, 0.15) is 49.4 Å². The molecule has 204 valence electrons. The van der Waals surface area contributed by atoms with Crippen LogP contribution in [0, 0.1) is 0 Å². The minimum absolute atomic E-state index is 0.00316. The van der Waals surface area contributed by atoms with E-state index >= 15 is 0 Å². The van der Waals surface area contributed by atoms with Crippen molar-refractivity contribution in [2.45, 2.75) is 32.7 Å². The number of benzene rings is 3. The van der Waals surface area contributed by atoms with Crippen LogP contribution in [-0.2, 0) is 9.59 Å². The van der Waals surface area contributed by atoms with Gasteiger partial charge in [0.05, 0.1) is 30.4 Å². The van der Waals surface area contributed by atoms with Gasteiger partial charge in [-0.2, -0.15) is 0 Å². The van der Waals surface area contributed by atoms with Crippen molar-refractivity contribution in [3.63, 3.8) is 0 Å². The molecule has 1 N–H and O–H groups in total. The van der Waals surface area contributed by atoms with E-state index in [0.717, 1.165) is 11.3 Å². The Bertz CT molecular complexity index is 1430. The maximum absolute atomic E-state index is 13.6. The van der Waals surface area contributed by atoms with Gasteiger partial charge in [0.25, 0.3) is 11.7 Å². The number of carbonyl (C=O) groups is 2. The van der Waals surface area contributed by atoms with Gasteiger partial charge in [0.2, 0.25) is 0 Å². The van der Waals surface area contributed by atoms with Crippen molar-refractivity contribution in [1.29, 1.82) is 0 Å². The second kappa shape index (κ2) is 11.4. The quantitative estimate of drug-likeness (QED) is 0.195. The number of nitrogens with zero attached hydrogens (tertiary/aromatic N) is 2. The van der Waals surface area contributed by atoms with Gasteiger partial charge in [-0.3, -0.25) is 14.5 Å². The van der Waals surface area contributed by atoms with Crippen LogP contribution in [0.25, 0.3) is 5.76 Å². The van der Waals surface area contributed by atoms with Gasteiger partial charge in [0, 0.05) is 31.0 Å². The standard InChI is InChI=1S/C31H33ClN2O5/c1-7-39-25-14-10-20(16-23(25)18(2)3)29(35)27-28(19-8-11-21(12-9-19)33(4)5)34(31(37)30(27)36)22-13-15-26(38-6)24(32)17-22/h8-18,28,35H,7H2,1-6H3/b29-27-. The molecule has 1 fully saturated rings. The van der Waals surface area contributed by atoms with Crippen molar-refractivity contribution in [3.8, 4) is 11.5 Å². The molecule has 4 rings (SSSR count). The van der Waals surface area contributed by atoms with E-state index in [-0.39, 0.29) is 17.3 Å². The predicted octanol–water partition coefficient (Wildman–Crippen LogP) is 6.56. The number of carbonyl (C=O) groups excluding carboxylic acids is 2. The van der Waals surface area contributed by atoms with Crippen molar-refractivity contribution in [3.05, 3.63) is 87.9 Å². The average molecular weight is 549 g/mol. The van der Waals surface area contributed by atoms with E-state index in [0.29, 0.717) is 39.9 Å². The minimum atomic E-state index is -0.875. The van der Waals surface area contributed by atoms with Crippen LogP contribution in [0.4, 0.5) is 11.4 Å². The van der Waals surface area contributed by atoms with Gasteiger partial charge < -0.3 is 19.5 Å². The molecule has 1 amide bonds. The first kappa shape index (κ1) is 28.0. The molecular formula is C31H33ClN2O5. The molecule has 3 aromatic carbocycles. The third kappa shape index (κ3) is 5.32. The van der Waals surface area contributed by atoms with Crippen molar-refractivity contribution < 1.29 is 24.2 Å². The number of anilines is 2. The number of ether oxygens (including phenoxy) is 2. The van der Waals surface area contributed by atoms with E-state index in [4.69, 9.17) is 21.1 Å². The van der Waals surface area contributed by atoms with Gasteiger partial charge in [-0.05, 0) is 72.5 Å². The molecule has 0 spiro atoms. The van der Waals surface area contributed by atoms with Crippen LogP contribution < -0.4 is 19.3 Å². The topological polar surface area (TPSA) is 79.3 Å². The number of aliphatic hydroxyl groups is 1. The fraction of sp³-hybridized carbons (Fsp3) is 0.290. The summed E-state index contributed by atoms with van der Waals surface area (Å²) in [5.74, 6) is -0.511. The maximum atomic E-state index is 13.6. The summed E-state index contributed by atoms with van der Waals surface area (Å²) in [4.78, 5) is 30.4. The Hall–Kier alpha value is -3.97. The third-order valence-corrected chi connectivity index (χ3v) is 7.08. The first-order valence-corrected chi connectivity index (χ1v) is 13.2. The number of hydrogen-bond donors (Lipinski definition) is 1. The molecule has 1 aliphatic heterocycles. The number of Topliss-reactive ketones (excluding diaryl/α,β-unsaturated/α-hetero) is 1. The number of ketones is 1. The zero-order valence-electron chi connectivity index (χ0n) is 23.0. The lowest BCUT2D eigenvalue weighted by Gasteiger charge is -2.26. The molecule has 0 aliphatic carbocycles. The van der Waals surface area contributed by atoms with Crippen LogP contribution in [-0.4, -0.2) is 44.6 Å². The summed E-state index contributed by atoms with van der Waals surface area (Å²) in [5.41, 5.74) is 3.37. The van der Waals surface area contributed by atoms with Crippen LogP contribution in [0.15, 0.2) is 66.2 Å². The summed E-state index contributed by atoms with van der Waals surface area (Å²) in [5, 5.41) is 11.9.